The number of hydrogen-bond donors (Lipinski definition) is 0. The van der Waals surface area contributed by atoms with Gasteiger partial charge in [-0.1, -0.05) is 6.58 Å². The molecular weight excluding hydrogens is 298 g/mol. The van der Waals surface area contributed by atoms with Gasteiger partial charge in [0.1, 0.15) is 11.7 Å². The zero-order chi connectivity index (χ0) is 17.6. The number of amides is 1. The van der Waals surface area contributed by atoms with Crippen molar-refractivity contribution >= 4 is 11.9 Å². The van der Waals surface area contributed by atoms with Gasteiger partial charge in [0.15, 0.2) is 5.78 Å². The lowest BCUT2D eigenvalue weighted by atomic mass is 10.0. The van der Waals surface area contributed by atoms with Gasteiger partial charge >= 0.3 is 6.09 Å². The molecule has 0 N–H and O–H groups in total. The van der Waals surface area contributed by atoms with Crippen LogP contribution in [0.1, 0.15) is 41.0 Å². The van der Waals surface area contributed by atoms with Crippen LogP contribution in [0.25, 0.3) is 0 Å². The fourth-order valence-corrected chi connectivity index (χ4v) is 2.59. The Labute approximate surface area is 138 Å². The summed E-state index contributed by atoms with van der Waals surface area (Å²) in [6.45, 7) is 14.7. The number of rotatable bonds is 7. The molecule has 132 valence electrons. The third kappa shape index (κ3) is 6.71. The van der Waals surface area contributed by atoms with Crippen LogP contribution >= 0.6 is 0 Å². The fraction of sp³-hybridized carbons (Fsp3) is 0.765. The van der Waals surface area contributed by atoms with Crippen molar-refractivity contribution < 1.29 is 23.8 Å². The molecule has 6 heteroatoms. The molecule has 1 aliphatic rings. The van der Waals surface area contributed by atoms with Gasteiger partial charge in [0, 0.05) is 19.5 Å². The molecule has 0 saturated carbocycles. The van der Waals surface area contributed by atoms with Crippen LogP contribution < -0.4 is 0 Å². The van der Waals surface area contributed by atoms with E-state index >= 15 is 0 Å². The lowest BCUT2D eigenvalue weighted by Gasteiger charge is -2.33. The summed E-state index contributed by atoms with van der Waals surface area (Å²) >= 11 is 0. The van der Waals surface area contributed by atoms with Gasteiger partial charge in [-0.3, -0.25) is 4.79 Å². The smallest absolute Gasteiger partial charge is 0.410 e. The normalized spacial score (nSPS) is 18.2. The van der Waals surface area contributed by atoms with E-state index in [0.29, 0.717) is 38.3 Å². The quantitative estimate of drug-likeness (QED) is 0.672. The Morgan fingerprint density at radius 1 is 1.26 bits per heavy atom. The van der Waals surface area contributed by atoms with Crippen molar-refractivity contribution in [3.8, 4) is 0 Å². The maximum atomic E-state index is 12.2. The number of carbonyl (C=O) groups excluding carboxylic acids is 2. The first-order chi connectivity index (χ1) is 10.6. The summed E-state index contributed by atoms with van der Waals surface area (Å²) in [4.78, 5) is 25.6. The van der Waals surface area contributed by atoms with Crippen molar-refractivity contribution in [2.75, 3.05) is 26.3 Å². The second kappa shape index (κ2) is 8.45. The third-order valence-corrected chi connectivity index (χ3v) is 3.64. The van der Waals surface area contributed by atoms with Crippen molar-refractivity contribution in [1.29, 1.82) is 0 Å². The summed E-state index contributed by atoms with van der Waals surface area (Å²) in [7, 11) is 0. The van der Waals surface area contributed by atoms with E-state index in [1.54, 1.807) is 18.7 Å². The molecule has 0 aromatic carbocycles. The lowest BCUT2D eigenvalue weighted by molar-refractivity contribution is -0.131. The van der Waals surface area contributed by atoms with Crippen LogP contribution in [0.15, 0.2) is 12.2 Å². The first kappa shape index (κ1) is 19.6. The molecule has 23 heavy (non-hydrogen) atoms. The monoisotopic (exact) mass is 327 g/mol. The maximum Gasteiger partial charge on any atom is 0.410 e. The average molecular weight is 327 g/mol. The summed E-state index contributed by atoms with van der Waals surface area (Å²) in [5.41, 5.74) is -0.205. The summed E-state index contributed by atoms with van der Waals surface area (Å²) in [5, 5.41) is 0. The van der Waals surface area contributed by atoms with Crippen LogP contribution in [-0.4, -0.2) is 60.9 Å². The predicted octanol–water partition coefficient (Wildman–Crippen LogP) is 2.56. The Bertz CT molecular complexity index is 440. The molecule has 2 unspecified atom stereocenters. The molecule has 1 saturated heterocycles. The predicted molar refractivity (Wildman–Crippen MR) is 87.4 cm³/mol. The van der Waals surface area contributed by atoms with Crippen LogP contribution in [0.3, 0.4) is 0 Å². The molecule has 0 aromatic rings. The number of morpholine rings is 1. The van der Waals surface area contributed by atoms with Gasteiger partial charge in [0.05, 0.1) is 19.3 Å². The number of ether oxygens (including phenoxy) is 3. The van der Waals surface area contributed by atoms with Crippen LogP contribution in [0.5, 0.6) is 0 Å². The van der Waals surface area contributed by atoms with E-state index in [1.165, 1.54) is 0 Å². The van der Waals surface area contributed by atoms with E-state index in [-0.39, 0.29) is 18.0 Å². The third-order valence-electron chi connectivity index (χ3n) is 3.64. The molecule has 1 aliphatic heterocycles. The van der Waals surface area contributed by atoms with Crippen molar-refractivity contribution in [3.63, 3.8) is 0 Å². The Morgan fingerprint density at radius 3 is 2.35 bits per heavy atom. The molecule has 0 radical (unpaired) electrons. The van der Waals surface area contributed by atoms with Gasteiger partial charge in [0.25, 0.3) is 0 Å². The molecule has 0 bridgehead atoms. The minimum Gasteiger partial charge on any atom is -0.443 e. The molecule has 6 nitrogen and oxygen atoms in total. The zero-order valence-corrected chi connectivity index (χ0v) is 14.9. The highest BCUT2D eigenvalue weighted by Crippen LogP contribution is 2.21. The molecule has 0 aromatic heterocycles. The minimum atomic E-state index is -0.680. The Kier molecular flexibility index (Phi) is 7.22. The molecule has 1 amide bonds. The van der Waals surface area contributed by atoms with Crippen molar-refractivity contribution in [2.45, 2.75) is 58.8 Å². The molecular formula is C17H29NO5. The van der Waals surface area contributed by atoms with E-state index < -0.39 is 11.7 Å². The van der Waals surface area contributed by atoms with Gasteiger partial charge in [-0.25, -0.2) is 4.79 Å². The Balaban J connectivity index is 2.47. The van der Waals surface area contributed by atoms with Crippen LogP contribution in [-0.2, 0) is 19.0 Å². The van der Waals surface area contributed by atoms with E-state index in [1.807, 2.05) is 20.8 Å². The number of hydrogen-bond acceptors (Lipinski definition) is 5. The second-order valence-corrected chi connectivity index (χ2v) is 6.66. The summed E-state index contributed by atoms with van der Waals surface area (Å²) in [5.74, 6) is -0.111. The number of ketones is 1. The van der Waals surface area contributed by atoms with Crippen molar-refractivity contribution in [2.24, 2.45) is 0 Å². The average Bonchev–Trinajstić information content (AvgIpc) is 2.45. The summed E-state index contributed by atoms with van der Waals surface area (Å²) in [6.07, 6.45) is -0.609. The SMILES string of the molecule is C=C(C)C(=O)C(C)OC(C)CC(C)(C)OC(=O)N1CCOCC1. The molecule has 0 aliphatic carbocycles. The largest absolute Gasteiger partial charge is 0.443 e. The highest BCUT2D eigenvalue weighted by atomic mass is 16.6. The highest BCUT2D eigenvalue weighted by Gasteiger charge is 2.30. The van der Waals surface area contributed by atoms with Gasteiger partial charge in [-0.05, 0) is 40.2 Å². The van der Waals surface area contributed by atoms with Crippen LogP contribution in [0.2, 0.25) is 0 Å². The first-order valence-corrected chi connectivity index (χ1v) is 8.03. The van der Waals surface area contributed by atoms with E-state index in [2.05, 4.69) is 6.58 Å². The zero-order valence-electron chi connectivity index (χ0n) is 14.9. The summed E-state index contributed by atoms with van der Waals surface area (Å²) < 4.78 is 16.5. The van der Waals surface area contributed by atoms with Crippen LogP contribution in [0, 0.1) is 0 Å². The van der Waals surface area contributed by atoms with Gasteiger partial charge < -0.3 is 19.1 Å². The van der Waals surface area contributed by atoms with Gasteiger partial charge in [0.2, 0.25) is 0 Å². The maximum absolute atomic E-state index is 12.2. The lowest BCUT2D eigenvalue weighted by Crippen LogP contribution is -2.45. The Morgan fingerprint density at radius 2 is 1.83 bits per heavy atom. The Hall–Kier alpha value is -1.40. The van der Waals surface area contributed by atoms with Crippen LogP contribution in [0.4, 0.5) is 4.79 Å². The fourth-order valence-electron chi connectivity index (χ4n) is 2.59. The van der Waals surface area contributed by atoms with Gasteiger partial charge in [-0.15, -0.1) is 0 Å². The second-order valence-electron chi connectivity index (χ2n) is 6.66. The number of nitrogens with zero attached hydrogens (tertiary/aromatic N) is 1. The number of carbonyl (C=O) groups is 2. The molecule has 1 fully saturated rings. The highest BCUT2D eigenvalue weighted by molar-refractivity contribution is 5.97. The van der Waals surface area contributed by atoms with Crippen molar-refractivity contribution in [1.82, 2.24) is 4.90 Å². The van der Waals surface area contributed by atoms with Crippen molar-refractivity contribution in [3.05, 3.63) is 12.2 Å². The topological polar surface area (TPSA) is 65.1 Å². The van der Waals surface area contributed by atoms with E-state index in [0.717, 1.165) is 0 Å². The van der Waals surface area contributed by atoms with E-state index in [4.69, 9.17) is 14.2 Å². The minimum absolute atomic E-state index is 0.111. The van der Waals surface area contributed by atoms with Gasteiger partial charge in [-0.2, -0.15) is 0 Å². The first-order valence-electron chi connectivity index (χ1n) is 8.03. The molecule has 1 heterocycles. The molecule has 1 rings (SSSR count). The molecule has 2 atom stereocenters. The molecule has 0 spiro atoms. The standard InChI is InChI=1S/C17H29NO5/c1-12(2)15(19)14(4)22-13(3)11-17(5,6)23-16(20)18-7-9-21-10-8-18/h13-14H,1,7-11H2,2-6H3. The number of Topliss-reactive ketones (excluding diaryl/α,β-unsaturated/α-hetero) is 1. The summed E-state index contributed by atoms with van der Waals surface area (Å²) in [6, 6.07) is 0. The van der Waals surface area contributed by atoms with E-state index in [9.17, 15) is 9.59 Å².